The molecule has 1 aliphatic rings. The SMILES string of the molecule is [2H]c1c([2H])c([2H])c(-c2ccc3c(c2)c2ccc(Oc4[c-]c(-n5[c-][n+]6c7c(cccc75)-c5ccccc5-c5ccccc5-c5cccc(-c7ccccc7)c5-6)ccc4)[c-]c2n3-c2cc(C(C)(C)C)ccn2)c([2H])c1[2H].[Pt]. The third-order valence-electron chi connectivity index (χ3n) is 13.2. The zero-order valence-electron chi connectivity index (χ0n) is 43.3. The molecule has 0 N–H and O–H groups in total. The van der Waals surface area contributed by atoms with E-state index in [2.05, 4.69) is 164 Å². The van der Waals surface area contributed by atoms with E-state index in [1.807, 2.05) is 65.4 Å². The maximum Gasteiger partial charge on any atom is 0.268 e. The number of para-hydroxylation sites is 2. The molecule has 0 fully saturated rings. The van der Waals surface area contributed by atoms with Gasteiger partial charge in [0.1, 0.15) is 5.82 Å². The molecule has 12 aromatic rings. The maximum atomic E-state index is 8.76. The average Bonchev–Trinajstić information content (AvgIpc) is 4.01. The number of pyridine rings is 1. The largest absolute Gasteiger partial charge is 0.510 e. The van der Waals surface area contributed by atoms with Crippen LogP contribution in [0.2, 0.25) is 0 Å². The van der Waals surface area contributed by atoms with E-state index in [1.54, 1.807) is 6.07 Å². The van der Waals surface area contributed by atoms with Gasteiger partial charge in [-0.05, 0) is 95.9 Å². The van der Waals surface area contributed by atoms with Gasteiger partial charge in [-0.1, -0.05) is 184 Å². The van der Waals surface area contributed by atoms with Crippen LogP contribution in [0.5, 0.6) is 11.5 Å². The first-order chi connectivity index (χ1) is 35.9. The number of rotatable bonds is 6. The van der Waals surface area contributed by atoms with E-state index in [0.717, 1.165) is 88.8 Å². The van der Waals surface area contributed by atoms with Crippen LogP contribution in [0.1, 0.15) is 33.2 Å². The third kappa shape index (κ3) is 7.20. The molecule has 70 heavy (non-hydrogen) atoms. The van der Waals surface area contributed by atoms with Crippen molar-refractivity contribution in [3.05, 3.63) is 236 Å². The molecule has 5 nitrogen and oxygen atoms in total. The van der Waals surface area contributed by atoms with Crippen LogP contribution in [0.4, 0.5) is 0 Å². The Morgan fingerprint density at radius 1 is 0.543 bits per heavy atom. The summed E-state index contributed by atoms with van der Waals surface area (Å²) >= 11 is 0. The van der Waals surface area contributed by atoms with Crippen molar-refractivity contribution in [2.24, 2.45) is 0 Å². The number of hydrogen-bond donors (Lipinski definition) is 0. The Bertz CT molecular complexity index is 4260. The van der Waals surface area contributed by atoms with E-state index in [9.17, 15) is 0 Å². The van der Waals surface area contributed by atoms with Crippen molar-refractivity contribution in [3.8, 4) is 84.3 Å². The summed E-state index contributed by atoms with van der Waals surface area (Å²) < 4.78 is 55.6. The van der Waals surface area contributed by atoms with Crippen LogP contribution in [-0.4, -0.2) is 14.1 Å². The second kappa shape index (κ2) is 17.1. The molecule has 0 saturated heterocycles. The van der Waals surface area contributed by atoms with Crippen LogP contribution in [0.15, 0.2) is 212 Å². The van der Waals surface area contributed by atoms with Crippen LogP contribution < -0.4 is 9.30 Å². The number of nitrogens with zero attached hydrogens (tertiary/aromatic N) is 4. The summed E-state index contributed by atoms with van der Waals surface area (Å²) in [5, 5.41) is 1.62. The zero-order valence-corrected chi connectivity index (χ0v) is 40.6. The quantitative estimate of drug-likeness (QED) is 0.123. The van der Waals surface area contributed by atoms with Gasteiger partial charge < -0.3 is 13.9 Å². The zero-order chi connectivity index (χ0) is 50.6. The maximum absolute atomic E-state index is 8.76. The minimum atomic E-state index is -0.430. The molecule has 9 aromatic carbocycles. The molecule has 0 saturated carbocycles. The van der Waals surface area contributed by atoms with Gasteiger partial charge in [-0.2, -0.15) is 18.2 Å². The molecular weight excluding hydrogens is 1040 g/mol. The molecular formula is C64H44N4OPt-2. The first-order valence-electron chi connectivity index (χ1n) is 25.5. The van der Waals surface area contributed by atoms with Gasteiger partial charge in [0.15, 0.2) is 0 Å². The molecule has 1 aliphatic heterocycles. The summed E-state index contributed by atoms with van der Waals surface area (Å²) in [5.74, 6) is 1.60. The number of aromatic nitrogens is 4. The Kier molecular flexibility index (Phi) is 9.26. The van der Waals surface area contributed by atoms with E-state index >= 15 is 0 Å². The van der Waals surface area contributed by atoms with Crippen LogP contribution in [0.3, 0.4) is 0 Å². The van der Waals surface area contributed by atoms with Gasteiger partial charge >= 0.3 is 0 Å². The van der Waals surface area contributed by atoms with Crippen molar-refractivity contribution in [2.75, 3.05) is 0 Å². The van der Waals surface area contributed by atoms with Crippen LogP contribution >= 0.6 is 0 Å². The van der Waals surface area contributed by atoms with Gasteiger partial charge in [0.05, 0.1) is 23.6 Å². The Labute approximate surface area is 428 Å². The average molecular weight is 1090 g/mol. The van der Waals surface area contributed by atoms with E-state index < -0.39 is 6.04 Å². The molecule has 13 rings (SSSR count). The molecule has 6 heteroatoms. The topological polar surface area (TPSA) is 35.9 Å². The smallest absolute Gasteiger partial charge is 0.268 e. The van der Waals surface area contributed by atoms with Gasteiger partial charge in [0.2, 0.25) is 0 Å². The summed E-state index contributed by atoms with van der Waals surface area (Å²) in [5.41, 5.74) is 15.7. The molecule has 0 radical (unpaired) electrons. The monoisotopic (exact) mass is 1080 g/mol. The van der Waals surface area contributed by atoms with E-state index in [1.165, 1.54) is 0 Å². The summed E-state index contributed by atoms with van der Waals surface area (Å²) in [6.45, 7) is 6.49. The van der Waals surface area contributed by atoms with Gasteiger partial charge in [-0.15, -0.1) is 29.7 Å². The summed E-state index contributed by atoms with van der Waals surface area (Å²) in [7, 11) is 0. The van der Waals surface area contributed by atoms with Crippen molar-refractivity contribution in [1.29, 1.82) is 0 Å². The fraction of sp³-hybridized carbons (Fsp3) is 0.0625. The van der Waals surface area contributed by atoms with Gasteiger partial charge in [-0.25, -0.2) is 4.98 Å². The number of benzene rings is 9. The van der Waals surface area contributed by atoms with Crippen molar-refractivity contribution in [3.63, 3.8) is 0 Å². The second-order valence-corrected chi connectivity index (χ2v) is 18.4. The Hall–Kier alpha value is -8.11. The number of ether oxygens (including phenoxy) is 1. The van der Waals surface area contributed by atoms with Crippen molar-refractivity contribution < 1.29 is 37.2 Å². The van der Waals surface area contributed by atoms with Crippen molar-refractivity contribution >= 4 is 32.8 Å². The Balaban J connectivity index is 0.00000569. The number of hydrogen-bond acceptors (Lipinski definition) is 2. The Morgan fingerprint density at radius 3 is 1.97 bits per heavy atom. The molecule has 3 aromatic heterocycles. The van der Waals surface area contributed by atoms with Crippen LogP contribution in [0.25, 0.3) is 106 Å². The molecule has 0 unspecified atom stereocenters. The van der Waals surface area contributed by atoms with Gasteiger partial charge in [-0.3, -0.25) is 4.57 Å². The number of fused-ring (bicyclic) bond motifs is 10. The molecule has 0 bridgehead atoms. The fourth-order valence-corrected chi connectivity index (χ4v) is 10.00. The Morgan fingerprint density at radius 2 is 1.20 bits per heavy atom. The first kappa shape index (κ1) is 37.8. The molecule has 0 spiro atoms. The predicted octanol–water partition coefficient (Wildman–Crippen LogP) is 15.5. The second-order valence-electron chi connectivity index (χ2n) is 18.4. The summed E-state index contributed by atoms with van der Waals surface area (Å²) in [6.07, 6.45) is 5.66. The van der Waals surface area contributed by atoms with E-state index in [0.29, 0.717) is 28.4 Å². The molecule has 0 atom stereocenters. The standard InChI is InChI=1S/C64H44N4O.Pt/c1-64(2,3)45-35-36-65-61(38-45)68-58-34-31-44(42-17-6-4-7-18-42)37-57(58)54-33-32-48(40-60(54)68)69-47-22-14-21-46(39-47)66-41-67-62-49(43-19-8-5-9-20-43)27-15-28-55(62)52-25-12-10-23-50(52)51-24-11-13-26-53(51)56-29-16-30-59(66)63(56)67;/h4-38H,1-3H3;/q-2;/i4D,6D,7D,17D,18D;. The molecule has 0 amide bonds. The van der Waals surface area contributed by atoms with E-state index in [-0.39, 0.29) is 56.2 Å². The first-order valence-corrected chi connectivity index (χ1v) is 23.0. The third-order valence-corrected chi connectivity index (χ3v) is 13.2. The van der Waals surface area contributed by atoms with Gasteiger partial charge in [0, 0.05) is 44.3 Å². The minimum absolute atomic E-state index is 0. The summed E-state index contributed by atoms with van der Waals surface area (Å²) in [6, 6.07) is 65.7. The summed E-state index contributed by atoms with van der Waals surface area (Å²) in [4.78, 5) is 4.88. The minimum Gasteiger partial charge on any atom is -0.510 e. The van der Waals surface area contributed by atoms with Gasteiger partial charge in [0.25, 0.3) is 6.33 Å². The predicted molar refractivity (Wildman–Crippen MR) is 279 cm³/mol. The van der Waals surface area contributed by atoms with Crippen LogP contribution in [0, 0.1) is 18.5 Å². The molecule has 4 heterocycles. The van der Waals surface area contributed by atoms with Crippen LogP contribution in [-0.2, 0) is 26.5 Å². The van der Waals surface area contributed by atoms with Crippen molar-refractivity contribution in [1.82, 2.24) is 14.1 Å². The fourth-order valence-electron chi connectivity index (χ4n) is 10.00. The molecule has 0 aliphatic carbocycles. The normalized spacial score (nSPS) is 12.8. The van der Waals surface area contributed by atoms with Crippen molar-refractivity contribution in [2.45, 2.75) is 26.2 Å². The molecule has 338 valence electrons. The number of imidazole rings is 1. The van der Waals surface area contributed by atoms with E-state index in [4.69, 9.17) is 16.6 Å².